The largest absolute Gasteiger partial charge is 0.298 e. The molecule has 0 aliphatic heterocycles. The van der Waals surface area contributed by atoms with Gasteiger partial charge in [0.25, 0.3) is 5.91 Å². The molecule has 0 saturated carbocycles. The maximum Gasteiger partial charge on any atom is 0.257 e. The number of rotatable bonds is 4. The third-order valence-electron chi connectivity index (χ3n) is 1.17. The Labute approximate surface area is 61.1 Å². The number of carbonyl (C=O) groups is 1. The summed E-state index contributed by atoms with van der Waals surface area (Å²) < 4.78 is 0. The zero-order valence-corrected chi connectivity index (χ0v) is 6.68. The smallest absolute Gasteiger partial charge is 0.257 e. The molecule has 1 N–H and O–H groups in total. The molecule has 10 heavy (non-hydrogen) atoms. The second-order valence-corrected chi connectivity index (χ2v) is 2.06. The van der Waals surface area contributed by atoms with Crippen LogP contribution >= 0.6 is 0 Å². The first-order chi connectivity index (χ1) is 4.70. The lowest BCUT2D eigenvalue weighted by atomic mass is 10.5. The van der Waals surface area contributed by atoms with E-state index in [4.69, 9.17) is 0 Å². The topological polar surface area (TPSA) is 41.6 Å². The first-order valence-electron chi connectivity index (χ1n) is 3.21. The first-order valence-corrected chi connectivity index (χ1v) is 3.21. The lowest BCUT2D eigenvalue weighted by Crippen LogP contribution is -2.34. The highest BCUT2D eigenvalue weighted by Gasteiger charge is 2.01. The molecule has 0 bridgehead atoms. The molecular weight excluding hydrogens is 132 g/mol. The monoisotopic (exact) mass is 146 g/mol. The minimum absolute atomic E-state index is 0.119. The molecule has 0 atom stereocenters. The van der Waals surface area contributed by atoms with Gasteiger partial charge in [0.15, 0.2) is 0 Å². The van der Waals surface area contributed by atoms with Crippen molar-refractivity contribution in [3.63, 3.8) is 0 Å². The quantitative estimate of drug-likeness (QED) is 0.549. The highest BCUT2D eigenvalue weighted by atomic mass is 16.6. The van der Waals surface area contributed by atoms with Crippen molar-refractivity contribution in [2.75, 3.05) is 27.2 Å². The molecule has 0 unspecified atom stereocenters. The van der Waals surface area contributed by atoms with E-state index in [1.165, 1.54) is 7.11 Å². The van der Waals surface area contributed by atoms with Crippen LogP contribution in [0.4, 0.5) is 0 Å². The number of hydroxylamine groups is 1. The third-order valence-corrected chi connectivity index (χ3v) is 1.17. The van der Waals surface area contributed by atoms with Gasteiger partial charge >= 0.3 is 0 Å². The van der Waals surface area contributed by atoms with Gasteiger partial charge in [-0.2, -0.15) is 0 Å². The van der Waals surface area contributed by atoms with E-state index in [0.29, 0.717) is 6.54 Å². The molecule has 0 aliphatic rings. The predicted octanol–water partition coefficient (Wildman–Crippen LogP) is -0.384. The maximum absolute atomic E-state index is 10.7. The fourth-order valence-corrected chi connectivity index (χ4v) is 0.503. The minimum atomic E-state index is -0.119. The lowest BCUT2D eigenvalue weighted by molar-refractivity contribution is -0.132. The zero-order chi connectivity index (χ0) is 7.98. The SMILES string of the molecule is CCN(C)CC(=O)NOC. The van der Waals surface area contributed by atoms with Gasteiger partial charge in [0.05, 0.1) is 13.7 Å². The maximum atomic E-state index is 10.7. The second-order valence-electron chi connectivity index (χ2n) is 2.06. The summed E-state index contributed by atoms with van der Waals surface area (Å²) >= 11 is 0. The number of amides is 1. The van der Waals surface area contributed by atoms with Crippen molar-refractivity contribution < 1.29 is 9.63 Å². The fourth-order valence-electron chi connectivity index (χ4n) is 0.503. The van der Waals surface area contributed by atoms with Crippen molar-refractivity contribution in [3.05, 3.63) is 0 Å². The molecule has 0 aliphatic carbocycles. The van der Waals surface area contributed by atoms with E-state index < -0.39 is 0 Å². The van der Waals surface area contributed by atoms with E-state index in [1.54, 1.807) is 0 Å². The Morgan fingerprint density at radius 1 is 1.70 bits per heavy atom. The van der Waals surface area contributed by atoms with E-state index in [1.807, 2.05) is 18.9 Å². The highest BCUT2D eigenvalue weighted by Crippen LogP contribution is 1.78. The molecule has 0 saturated heterocycles. The standard InChI is InChI=1S/C6H14N2O2/c1-4-8(2)5-6(9)7-10-3/h4-5H2,1-3H3,(H,7,9). The summed E-state index contributed by atoms with van der Waals surface area (Å²) in [5.41, 5.74) is 2.23. The van der Waals surface area contributed by atoms with E-state index in [9.17, 15) is 4.79 Å². The van der Waals surface area contributed by atoms with Gasteiger partial charge in [0.1, 0.15) is 0 Å². The van der Waals surface area contributed by atoms with Crippen LogP contribution in [0, 0.1) is 0 Å². The molecule has 0 heterocycles. The molecule has 60 valence electrons. The third kappa shape index (κ3) is 4.29. The number of likely N-dealkylation sites (N-methyl/N-ethyl adjacent to an activating group) is 1. The van der Waals surface area contributed by atoms with E-state index in [0.717, 1.165) is 6.54 Å². The van der Waals surface area contributed by atoms with Crippen LogP contribution in [0.2, 0.25) is 0 Å². The molecule has 0 fully saturated rings. The second kappa shape index (κ2) is 5.20. The van der Waals surface area contributed by atoms with Crippen LogP contribution in [0.1, 0.15) is 6.92 Å². The van der Waals surface area contributed by atoms with Crippen LogP contribution in [0.3, 0.4) is 0 Å². The zero-order valence-electron chi connectivity index (χ0n) is 6.68. The van der Waals surface area contributed by atoms with Gasteiger partial charge in [0.2, 0.25) is 0 Å². The Hall–Kier alpha value is -0.610. The van der Waals surface area contributed by atoms with Crippen LogP contribution < -0.4 is 5.48 Å². The summed E-state index contributed by atoms with van der Waals surface area (Å²) in [6, 6.07) is 0. The molecule has 0 aromatic rings. The van der Waals surface area contributed by atoms with Crippen molar-refractivity contribution in [2.45, 2.75) is 6.92 Å². The summed E-state index contributed by atoms with van der Waals surface area (Å²) in [6.45, 7) is 3.22. The number of hydrogen-bond acceptors (Lipinski definition) is 3. The number of carbonyl (C=O) groups excluding carboxylic acids is 1. The average molecular weight is 146 g/mol. The minimum Gasteiger partial charge on any atom is -0.298 e. The summed E-state index contributed by atoms with van der Waals surface area (Å²) in [5.74, 6) is -0.119. The van der Waals surface area contributed by atoms with Gasteiger partial charge in [-0.05, 0) is 13.6 Å². The Bertz CT molecular complexity index is 106. The Morgan fingerprint density at radius 3 is 2.70 bits per heavy atom. The molecule has 4 heteroatoms. The van der Waals surface area contributed by atoms with Crippen molar-refractivity contribution >= 4 is 5.91 Å². The normalized spacial score (nSPS) is 10.0. The van der Waals surface area contributed by atoms with Gasteiger partial charge in [-0.1, -0.05) is 6.92 Å². The predicted molar refractivity (Wildman–Crippen MR) is 38.3 cm³/mol. The van der Waals surface area contributed by atoms with E-state index >= 15 is 0 Å². The Kier molecular flexibility index (Phi) is 4.88. The van der Waals surface area contributed by atoms with E-state index in [-0.39, 0.29) is 5.91 Å². The molecule has 0 spiro atoms. The summed E-state index contributed by atoms with van der Waals surface area (Å²) in [7, 11) is 3.29. The number of nitrogens with zero attached hydrogens (tertiary/aromatic N) is 1. The van der Waals surface area contributed by atoms with Crippen LogP contribution in [-0.4, -0.2) is 38.1 Å². The van der Waals surface area contributed by atoms with Crippen LogP contribution in [0.15, 0.2) is 0 Å². The molecule has 0 aromatic carbocycles. The van der Waals surface area contributed by atoms with Crippen LogP contribution in [0.25, 0.3) is 0 Å². The Morgan fingerprint density at radius 2 is 2.30 bits per heavy atom. The van der Waals surface area contributed by atoms with Gasteiger partial charge in [-0.3, -0.25) is 14.5 Å². The summed E-state index contributed by atoms with van der Waals surface area (Å²) in [5, 5.41) is 0. The average Bonchev–Trinajstić information content (AvgIpc) is 1.88. The molecule has 0 aromatic heterocycles. The van der Waals surface area contributed by atoms with Crippen LogP contribution in [-0.2, 0) is 9.63 Å². The van der Waals surface area contributed by atoms with E-state index in [2.05, 4.69) is 10.3 Å². The van der Waals surface area contributed by atoms with Crippen LogP contribution in [0.5, 0.6) is 0 Å². The summed E-state index contributed by atoms with van der Waals surface area (Å²) in [4.78, 5) is 17.0. The van der Waals surface area contributed by atoms with Gasteiger partial charge in [0, 0.05) is 0 Å². The van der Waals surface area contributed by atoms with Gasteiger partial charge < -0.3 is 0 Å². The summed E-state index contributed by atoms with van der Waals surface area (Å²) in [6.07, 6.45) is 0. The molecular formula is C6H14N2O2. The van der Waals surface area contributed by atoms with Gasteiger partial charge in [-0.25, -0.2) is 5.48 Å². The van der Waals surface area contributed by atoms with Crippen molar-refractivity contribution in [1.29, 1.82) is 0 Å². The van der Waals surface area contributed by atoms with Crippen molar-refractivity contribution in [3.8, 4) is 0 Å². The Balaban J connectivity index is 3.37. The molecule has 4 nitrogen and oxygen atoms in total. The highest BCUT2D eigenvalue weighted by molar-refractivity contribution is 5.76. The number of hydrogen-bond donors (Lipinski definition) is 1. The molecule has 0 rings (SSSR count). The van der Waals surface area contributed by atoms with Crippen molar-refractivity contribution in [1.82, 2.24) is 10.4 Å². The van der Waals surface area contributed by atoms with Gasteiger partial charge in [-0.15, -0.1) is 0 Å². The molecule has 0 radical (unpaired) electrons. The molecule has 1 amide bonds. The first kappa shape index (κ1) is 9.39. The van der Waals surface area contributed by atoms with Crippen molar-refractivity contribution in [2.24, 2.45) is 0 Å². The fraction of sp³-hybridized carbons (Fsp3) is 0.833. The number of nitrogens with one attached hydrogen (secondary N) is 1. The lowest BCUT2D eigenvalue weighted by Gasteiger charge is -2.11.